The van der Waals surface area contributed by atoms with Crippen LogP contribution in [0.4, 0.5) is 47.6 Å². The van der Waals surface area contributed by atoms with E-state index in [4.69, 9.17) is 65.3 Å². The Kier molecular flexibility index (Phi) is 50.1. The summed E-state index contributed by atoms with van der Waals surface area (Å²) in [6.07, 6.45) is 1.83. The number of rotatable bonds is 9. The van der Waals surface area contributed by atoms with Crippen LogP contribution < -0.4 is 191 Å². The first-order valence-corrected chi connectivity index (χ1v) is 28.1. The van der Waals surface area contributed by atoms with Crippen LogP contribution in [0.5, 0.6) is 0 Å². The summed E-state index contributed by atoms with van der Waals surface area (Å²) in [5, 5.41) is 25.3. The molecule has 0 saturated carbocycles. The minimum absolute atomic E-state index is 0. The number of Topliss-reactive ketones (excluding diaryl/α,β-unsaturated/α-hetero) is 1. The third-order valence-corrected chi connectivity index (χ3v) is 11.6. The molecule has 492 valence electrons. The fraction of sp³-hybridized carbons (Fsp3) is 0.421. The minimum Gasteiger partial charge on any atom is -1.00 e. The summed E-state index contributed by atoms with van der Waals surface area (Å²) >= 11 is 5.33. The van der Waals surface area contributed by atoms with E-state index in [2.05, 4.69) is 70.4 Å². The van der Waals surface area contributed by atoms with Gasteiger partial charge in [-0.3, -0.25) is 29.8 Å². The number of likely N-dealkylation sites (tertiary alicyclic amines) is 1. The molecule has 32 nitrogen and oxygen atoms in total. The number of ketones is 1. The monoisotopic (exact) mass is 1380 g/mol. The summed E-state index contributed by atoms with van der Waals surface area (Å²) in [6.45, 7) is 19.7. The number of nitrogens with zero attached hydrogens (tertiary/aromatic N) is 12. The molecule has 4 aliphatic rings. The Bertz CT molecular complexity index is 3030. The SMILES string of the molecule is C1COCCN1.CCN1CCCC1=O.COC(=O)c1cccc(C)c1.C[O-].Cc1cccc(C(=O)Nc2nc(NC(=O)c3cccc(C)c3)nc(N3CCOCC3)n2)c1.Nc1nc(N)nc(Cl)n1.Nc1nc(N)nc(N2CCOCC2)n1.O=CO[O-].[2H]CC(C)=O.[H-].[K+].[K+].[Na+]. The number of nitrogens with two attached hydrogens (primary N) is 4. The zero-order valence-corrected chi connectivity index (χ0v) is 63.4. The first-order valence-electron chi connectivity index (χ1n) is 28.4. The third kappa shape index (κ3) is 39.5. The molecule has 4 fully saturated rings. The summed E-state index contributed by atoms with van der Waals surface area (Å²) in [4.78, 5) is 109. The van der Waals surface area contributed by atoms with Crippen LogP contribution in [-0.2, 0) is 38.2 Å². The van der Waals surface area contributed by atoms with Crippen LogP contribution in [0, 0.1) is 20.8 Å². The molecule has 0 bridgehead atoms. The fourth-order valence-corrected chi connectivity index (χ4v) is 7.60. The maximum Gasteiger partial charge on any atom is 1.00 e. The van der Waals surface area contributed by atoms with Crippen LogP contribution in [-0.4, -0.2) is 192 Å². The second-order valence-electron chi connectivity index (χ2n) is 18.5. The number of carbonyl (C=O) groups excluding carboxylic acids is 6. The summed E-state index contributed by atoms with van der Waals surface area (Å²) in [5.74, 6) is 0.664. The topological polar surface area (TPSA) is 461 Å². The molecule has 36 heteroatoms. The van der Waals surface area contributed by atoms with Gasteiger partial charge in [0.25, 0.3) is 18.3 Å². The first kappa shape index (κ1) is 87.8. The average molecular weight is 1380 g/mol. The molecular formula is C57H81ClK2N19NaO13. The van der Waals surface area contributed by atoms with E-state index in [-0.39, 0.29) is 212 Å². The van der Waals surface area contributed by atoms with Crippen molar-refractivity contribution in [1.29, 1.82) is 0 Å². The van der Waals surface area contributed by atoms with Gasteiger partial charge >= 0.3 is 138 Å². The number of nitrogen functional groups attached to an aromatic ring is 4. The summed E-state index contributed by atoms with van der Waals surface area (Å²) in [7, 11) is 2.13. The molecule has 3 aromatic heterocycles. The van der Waals surface area contributed by atoms with Crippen molar-refractivity contribution >= 4 is 95.1 Å². The van der Waals surface area contributed by atoms with Crippen molar-refractivity contribution in [3.8, 4) is 0 Å². The Morgan fingerprint density at radius 1 is 0.667 bits per heavy atom. The van der Waals surface area contributed by atoms with Crippen molar-refractivity contribution in [3.63, 3.8) is 0 Å². The number of methoxy groups -OCH3 is 1. The number of hydrogen-bond acceptors (Lipinski definition) is 29. The molecule has 4 saturated heterocycles. The quantitative estimate of drug-likeness (QED) is 0.0232. The van der Waals surface area contributed by atoms with E-state index in [0.29, 0.717) is 74.0 Å². The van der Waals surface area contributed by atoms with Gasteiger partial charge < -0.3 is 83.4 Å². The molecule has 6 aromatic rings. The largest absolute Gasteiger partial charge is 1.00 e. The number of nitrogens with one attached hydrogen (secondary N) is 3. The molecule has 7 heterocycles. The number of benzene rings is 3. The van der Waals surface area contributed by atoms with Crippen LogP contribution in [0.2, 0.25) is 5.28 Å². The number of halogens is 1. The Morgan fingerprint density at radius 2 is 1.04 bits per heavy atom. The van der Waals surface area contributed by atoms with Gasteiger partial charge in [-0.05, 0) is 95.9 Å². The van der Waals surface area contributed by atoms with Gasteiger partial charge in [0.1, 0.15) is 5.78 Å². The second-order valence-corrected chi connectivity index (χ2v) is 18.8. The van der Waals surface area contributed by atoms with Gasteiger partial charge in [-0.25, -0.2) is 4.79 Å². The number of hydrogen-bond donors (Lipinski definition) is 7. The zero-order valence-electron chi connectivity index (χ0n) is 56.4. The van der Waals surface area contributed by atoms with Gasteiger partial charge in [-0.15, -0.1) is 0 Å². The van der Waals surface area contributed by atoms with Crippen molar-refractivity contribution in [2.45, 2.75) is 54.4 Å². The van der Waals surface area contributed by atoms with E-state index in [1.165, 1.54) is 14.0 Å². The molecule has 0 unspecified atom stereocenters. The Balaban J connectivity index is -0.00000113. The predicted octanol–water partition coefficient (Wildman–Crippen LogP) is -7.46. The number of morpholine rings is 3. The molecule has 0 spiro atoms. The van der Waals surface area contributed by atoms with Crippen molar-refractivity contribution in [1.82, 2.24) is 55.1 Å². The Labute approximate surface area is 655 Å². The number of aryl methyl sites for hydroxylation is 3. The van der Waals surface area contributed by atoms with Gasteiger partial charge in [0.15, 0.2) is 0 Å². The van der Waals surface area contributed by atoms with Crippen molar-refractivity contribution in [2.24, 2.45) is 0 Å². The summed E-state index contributed by atoms with van der Waals surface area (Å²) < 4.78 is 26.5. The first-order chi connectivity index (χ1) is 43.7. The maximum absolute atomic E-state index is 12.7. The molecule has 4 aliphatic heterocycles. The molecule has 0 atom stereocenters. The number of ether oxygens (including phenoxy) is 4. The van der Waals surface area contributed by atoms with E-state index in [1.807, 2.05) is 78.8 Å². The average Bonchev–Trinajstić information content (AvgIpc) is 1.28. The molecule has 0 aliphatic carbocycles. The second kappa shape index (κ2) is 53.0. The molecule has 0 radical (unpaired) electrons. The van der Waals surface area contributed by atoms with Gasteiger partial charge in [0, 0.05) is 71.3 Å². The number of carbonyl (C=O) groups is 6. The van der Waals surface area contributed by atoms with Crippen LogP contribution in [0.3, 0.4) is 0 Å². The maximum atomic E-state index is 12.7. The summed E-state index contributed by atoms with van der Waals surface area (Å²) in [5.41, 5.74) is 25.8. The predicted molar refractivity (Wildman–Crippen MR) is 335 cm³/mol. The van der Waals surface area contributed by atoms with E-state index in [1.54, 1.807) is 36.4 Å². The number of anilines is 8. The zero-order chi connectivity index (χ0) is 67.5. The number of esters is 1. The van der Waals surface area contributed by atoms with Crippen LogP contribution in [0.25, 0.3) is 0 Å². The van der Waals surface area contributed by atoms with E-state index in [0.717, 1.165) is 89.1 Å². The van der Waals surface area contributed by atoms with E-state index < -0.39 is 0 Å². The van der Waals surface area contributed by atoms with Crippen molar-refractivity contribution < 1.29 is 198 Å². The van der Waals surface area contributed by atoms with Gasteiger partial charge in [-0.2, -0.15) is 52.0 Å². The van der Waals surface area contributed by atoms with Crippen molar-refractivity contribution in [3.05, 3.63) is 111 Å². The van der Waals surface area contributed by atoms with Crippen LogP contribution in [0.15, 0.2) is 72.8 Å². The minimum atomic E-state index is -0.344. The number of aromatic nitrogens is 9. The number of amides is 3. The Hall–Kier alpha value is -5.17. The van der Waals surface area contributed by atoms with E-state index in [9.17, 15) is 24.0 Å². The smallest absolute Gasteiger partial charge is 1.00 e. The summed E-state index contributed by atoms with van der Waals surface area (Å²) in [6, 6.07) is 21.7. The molecule has 3 amide bonds. The molecular weight excluding hydrogens is 1300 g/mol. The Morgan fingerprint density at radius 3 is 1.34 bits per heavy atom. The van der Waals surface area contributed by atoms with Crippen molar-refractivity contribution in [2.75, 3.05) is 150 Å². The molecule has 11 N–H and O–H groups in total. The van der Waals surface area contributed by atoms with Gasteiger partial charge in [0.2, 0.25) is 58.8 Å². The molecule has 3 aromatic carbocycles. The molecule has 10 rings (SSSR count). The standard InChI is InChI=1S/C23H24N6O3.C9H10O2.C7H12N6O.C6H11NO.C4H9NO.C3H4ClN5.C3H6O.CH2O3.CH3O.2K.Na.H/c1-15-5-3-7-17(13-15)19(30)24-21-26-22(25-20(31)18-8-4-6-16(2)14-18)28-23(27-21)29-9-11-32-12-10-29;1-7-4-3-5-8(6-7)9(10)11-2;8-5-10-6(9)12-7(11-5)13-1-3-14-4-2-13;1-2-7-5-3-4-6(7)8;1-3-6-4-2-5-1;4-1-7-2(5)9-3(6)8-1;1-3(2)4;2-1-4-3;1-2;;;;/h3-8,13-14H,9-12H2,1-2H3,(H2,24,25,26,27,28,30,31);3-6H,1-2H3;1-4H2,(H4,8,9,10,11,12);2-5H2,1H3;5H,1-4H2;(H4,5,6,7,8,9);1-2H3;1,3H;1H3;;;;/q;;;;;;;;-1;3*+1;-1/p-1/i;;;;;;1D;;;;;;. The van der Waals surface area contributed by atoms with E-state index >= 15 is 0 Å². The van der Waals surface area contributed by atoms with Gasteiger partial charge in [-0.1, -0.05) is 53.1 Å². The van der Waals surface area contributed by atoms with Gasteiger partial charge in [0.05, 0.1) is 52.3 Å². The normalized spacial score (nSPS) is 13.2. The van der Waals surface area contributed by atoms with Crippen LogP contribution >= 0.6 is 11.6 Å². The fourth-order valence-electron chi connectivity index (χ4n) is 7.43. The third-order valence-electron chi connectivity index (χ3n) is 11.4. The molecule has 93 heavy (non-hydrogen) atoms. The van der Waals surface area contributed by atoms with Crippen LogP contribution in [0.1, 0.15) is 84.2 Å².